The zero-order chi connectivity index (χ0) is 26.1. The minimum absolute atomic E-state index is 0.0664. The number of benzene rings is 3. The molecule has 1 amide bonds. The Morgan fingerprint density at radius 3 is 2.22 bits per heavy atom. The number of anilines is 1. The molecule has 3 rings (SSSR count). The van der Waals surface area contributed by atoms with Gasteiger partial charge in [-0.15, -0.1) is 0 Å². The molecule has 0 bridgehead atoms. The molecule has 3 aromatic rings. The summed E-state index contributed by atoms with van der Waals surface area (Å²) in [5, 5.41) is 4.14. The minimum atomic E-state index is -4.03. The van der Waals surface area contributed by atoms with Crippen LogP contribution in [0.25, 0.3) is 0 Å². The highest BCUT2D eigenvalue weighted by atomic mass is 32.2. The Morgan fingerprint density at radius 1 is 0.944 bits per heavy atom. The van der Waals surface area contributed by atoms with Gasteiger partial charge < -0.3 is 14.2 Å². The summed E-state index contributed by atoms with van der Waals surface area (Å²) in [5.74, 6) is 1.07. The smallest absolute Gasteiger partial charge is 0.264 e. The number of ether oxygens (including phenoxy) is 3. The van der Waals surface area contributed by atoms with E-state index >= 15 is 0 Å². The summed E-state index contributed by atoms with van der Waals surface area (Å²) in [6, 6.07) is 19.7. The van der Waals surface area contributed by atoms with Gasteiger partial charge in [-0.1, -0.05) is 18.2 Å². The summed E-state index contributed by atoms with van der Waals surface area (Å²) >= 11 is 0. The lowest BCUT2D eigenvalue weighted by molar-refractivity contribution is -0.119. The highest BCUT2D eigenvalue weighted by molar-refractivity contribution is 7.92. The second kappa shape index (κ2) is 12.1. The van der Waals surface area contributed by atoms with Crippen molar-refractivity contribution in [2.24, 2.45) is 5.10 Å². The van der Waals surface area contributed by atoms with Gasteiger partial charge in [0.2, 0.25) is 0 Å². The first-order chi connectivity index (χ1) is 17.3. The fraction of sp³-hybridized carbons (Fsp3) is 0.231. The van der Waals surface area contributed by atoms with Crippen LogP contribution in [0, 0.1) is 0 Å². The summed E-state index contributed by atoms with van der Waals surface area (Å²) in [7, 11) is -0.963. The molecule has 0 aliphatic heterocycles. The van der Waals surface area contributed by atoms with Crippen molar-refractivity contribution in [3.05, 3.63) is 78.4 Å². The lowest BCUT2D eigenvalue weighted by atomic mass is 10.1. The quantitative estimate of drug-likeness (QED) is 0.310. The van der Waals surface area contributed by atoms with Gasteiger partial charge in [0.1, 0.15) is 12.3 Å². The van der Waals surface area contributed by atoms with Crippen LogP contribution in [0.3, 0.4) is 0 Å². The molecule has 0 aromatic heterocycles. The number of hydrogen-bond donors (Lipinski definition) is 1. The van der Waals surface area contributed by atoms with Crippen LogP contribution in [0.4, 0.5) is 5.69 Å². The fourth-order valence-electron chi connectivity index (χ4n) is 3.35. The first kappa shape index (κ1) is 26.6. The molecular formula is C26H29N3O6S. The largest absolute Gasteiger partial charge is 0.494 e. The van der Waals surface area contributed by atoms with E-state index in [1.807, 2.05) is 6.92 Å². The number of hydrogen-bond acceptors (Lipinski definition) is 7. The summed E-state index contributed by atoms with van der Waals surface area (Å²) in [6.45, 7) is 3.57. The molecule has 0 saturated heterocycles. The first-order valence-corrected chi connectivity index (χ1v) is 12.6. The molecule has 1 N–H and O–H groups in total. The Kier molecular flexibility index (Phi) is 8.91. The van der Waals surface area contributed by atoms with Crippen LogP contribution < -0.4 is 23.9 Å². The third kappa shape index (κ3) is 6.33. The normalized spacial score (nSPS) is 11.5. The topological polar surface area (TPSA) is 107 Å². The minimum Gasteiger partial charge on any atom is -0.494 e. The van der Waals surface area contributed by atoms with Crippen LogP contribution >= 0.6 is 0 Å². The van der Waals surface area contributed by atoms with Crippen molar-refractivity contribution < 1.29 is 27.4 Å². The molecule has 36 heavy (non-hydrogen) atoms. The lowest BCUT2D eigenvalue weighted by Gasteiger charge is -2.24. The van der Waals surface area contributed by atoms with E-state index in [4.69, 9.17) is 14.2 Å². The third-order valence-electron chi connectivity index (χ3n) is 5.20. The standard InChI is InChI=1S/C26H29N3O6S/c1-5-35-22-14-12-21(13-15-22)29(36(31,32)23-9-7-6-8-10-23)18-26(30)28-27-19(2)20-11-16-24(33-3)25(17-20)34-4/h6-17H,5,18H2,1-4H3,(H,28,30)/b27-19-. The van der Waals surface area contributed by atoms with E-state index in [0.717, 1.165) is 4.31 Å². The Labute approximate surface area is 211 Å². The van der Waals surface area contributed by atoms with Crippen molar-refractivity contribution in [2.75, 3.05) is 31.7 Å². The summed E-state index contributed by atoms with van der Waals surface area (Å²) in [6.07, 6.45) is 0. The number of amides is 1. The average molecular weight is 512 g/mol. The molecule has 190 valence electrons. The second-order valence-electron chi connectivity index (χ2n) is 7.55. The molecule has 0 aliphatic carbocycles. The fourth-order valence-corrected chi connectivity index (χ4v) is 4.79. The van der Waals surface area contributed by atoms with E-state index in [-0.39, 0.29) is 4.90 Å². The summed E-state index contributed by atoms with van der Waals surface area (Å²) in [5.41, 5.74) is 3.97. The molecule has 0 unspecified atom stereocenters. The maximum Gasteiger partial charge on any atom is 0.264 e. The van der Waals surface area contributed by atoms with E-state index < -0.39 is 22.5 Å². The first-order valence-electron chi connectivity index (χ1n) is 11.2. The molecule has 0 atom stereocenters. The van der Waals surface area contributed by atoms with E-state index in [1.54, 1.807) is 67.6 Å². The van der Waals surface area contributed by atoms with E-state index in [9.17, 15) is 13.2 Å². The maximum atomic E-state index is 13.4. The zero-order valence-electron chi connectivity index (χ0n) is 20.6. The molecule has 9 nitrogen and oxygen atoms in total. The van der Waals surface area contributed by atoms with Crippen LogP contribution in [-0.2, 0) is 14.8 Å². The van der Waals surface area contributed by atoms with Crippen LogP contribution in [0.2, 0.25) is 0 Å². The number of sulfonamides is 1. The van der Waals surface area contributed by atoms with Crippen molar-refractivity contribution >= 4 is 27.3 Å². The molecule has 0 saturated carbocycles. The lowest BCUT2D eigenvalue weighted by Crippen LogP contribution is -2.39. The predicted octanol–water partition coefficient (Wildman–Crippen LogP) is 3.84. The average Bonchev–Trinajstić information content (AvgIpc) is 2.91. The number of nitrogens with one attached hydrogen (secondary N) is 1. The number of carbonyl (C=O) groups excluding carboxylic acids is 1. The van der Waals surface area contributed by atoms with Gasteiger partial charge in [-0.2, -0.15) is 5.10 Å². The molecule has 0 spiro atoms. The number of rotatable bonds is 11. The molecule has 0 radical (unpaired) electrons. The Morgan fingerprint density at radius 2 is 1.61 bits per heavy atom. The maximum absolute atomic E-state index is 13.4. The van der Waals surface area contributed by atoms with Crippen LogP contribution in [0.1, 0.15) is 19.4 Å². The van der Waals surface area contributed by atoms with E-state index in [0.29, 0.717) is 40.8 Å². The predicted molar refractivity (Wildman–Crippen MR) is 138 cm³/mol. The molecule has 0 fully saturated rings. The van der Waals surface area contributed by atoms with Gasteiger partial charge in [-0.3, -0.25) is 9.10 Å². The summed E-state index contributed by atoms with van der Waals surface area (Å²) < 4.78 is 43.9. The molecular weight excluding hydrogens is 482 g/mol. The van der Waals surface area contributed by atoms with Gasteiger partial charge in [-0.25, -0.2) is 13.8 Å². The Bertz CT molecular complexity index is 1310. The number of methoxy groups -OCH3 is 2. The SMILES string of the molecule is CCOc1ccc(N(CC(=O)N/N=C(/C)c2ccc(OC)c(OC)c2)S(=O)(=O)c2ccccc2)cc1. The van der Waals surface area contributed by atoms with E-state index in [2.05, 4.69) is 10.5 Å². The number of nitrogens with zero attached hydrogens (tertiary/aromatic N) is 2. The van der Waals surface area contributed by atoms with Crippen LogP contribution in [0.15, 0.2) is 82.8 Å². The van der Waals surface area contributed by atoms with Crippen molar-refractivity contribution in [1.82, 2.24) is 5.43 Å². The van der Waals surface area contributed by atoms with Crippen molar-refractivity contribution in [3.63, 3.8) is 0 Å². The van der Waals surface area contributed by atoms with Gasteiger partial charge in [-0.05, 0) is 68.4 Å². The molecule has 0 heterocycles. The molecule has 0 aliphatic rings. The third-order valence-corrected chi connectivity index (χ3v) is 6.99. The van der Waals surface area contributed by atoms with Gasteiger partial charge in [0.15, 0.2) is 11.5 Å². The van der Waals surface area contributed by atoms with Crippen LogP contribution in [-0.4, -0.2) is 47.4 Å². The van der Waals surface area contributed by atoms with Crippen molar-refractivity contribution in [1.29, 1.82) is 0 Å². The highest BCUT2D eigenvalue weighted by Crippen LogP contribution is 2.28. The van der Waals surface area contributed by atoms with Gasteiger partial charge in [0.05, 0.1) is 37.1 Å². The van der Waals surface area contributed by atoms with Gasteiger partial charge in [0.25, 0.3) is 15.9 Å². The Balaban J connectivity index is 1.85. The summed E-state index contributed by atoms with van der Waals surface area (Å²) in [4.78, 5) is 12.9. The van der Waals surface area contributed by atoms with Crippen molar-refractivity contribution in [3.8, 4) is 17.2 Å². The second-order valence-corrected chi connectivity index (χ2v) is 9.42. The van der Waals surface area contributed by atoms with Gasteiger partial charge >= 0.3 is 0 Å². The van der Waals surface area contributed by atoms with Crippen LogP contribution in [0.5, 0.6) is 17.2 Å². The highest BCUT2D eigenvalue weighted by Gasteiger charge is 2.27. The molecule has 3 aromatic carbocycles. The number of hydrazone groups is 1. The zero-order valence-corrected chi connectivity index (χ0v) is 21.4. The monoisotopic (exact) mass is 511 g/mol. The number of carbonyl (C=O) groups is 1. The molecule has 10 heteroatoms. The van der Waals surface area contributed by atoms with Gasteiger partial charge in [0, 0.05) is 5.56 Å². The Hall–Kier alpha value is -4.05. The van der Waals surface area contributed by atoms with Crippen molar-refractivity contribution in [2.45, 2.75) is 18.7 Å². The van der Waals surface area contributed by atoms with E-state index in [1.165, 1.54) is 26.4 Å².